The van der Waals surface area contributed by atoms with E-state index in [0.29, 0.717) is 24.7 Å². The van der Waals surface area contributed by atoms with Gasteiger partial charge in [-0.2, -0.15) is 0 Å². The van der Waals surface area contributed by atoms with Crippen LogP contribution in [0, 0.1) is 0 Å². The molecule has 2 atom stereocenters. The number of fused-ring (bicyclic) bond motifs is 2. The Kier molecular flexibility index (Phi) is 4.27. The predicted octanol–water partition coefficient (Wildman–Crippen LogP) is 1.86. The van der Waals surface area contributed by atoms with Gasteiger partial charge in [0.2, 0.25) is 5.91 Å². The van der Waals surface area contributed by atoms with Crippen LogP contribution in [0.1, 0.15) is 25.7 Å². The number of piperidine rings is 1. The summed E-state index contributed by atoms with van der Waals surface area (Å²) >= 11 is 0. The number of para-hydroxylation sites is 1. The number of hydrogen-bond acceptors (Lipinski definition) is 3. The molecule has 2 aliphatic heterocycles. The normalized spacial score (nSPS) is 27.9. The summed E-state index contributed by atoms with van der Waals surface area (Å²) in [5.74, 6) is 0.162. The highest BCUT2D eigenvalue weighted by Crippen LogP contribution is 2.29. The van der Waals surface area contributed by atoms with Gasteiger partial charge in [0, 0.05) is 30.9 Å². The summed E-state index contributed by atoms with van der Waals surface area (Å²) in [7, 11) is 3.95. The Morgan fingerprint density at radius 1 is 1.14 bits per heavy atom. The van der Waals surface area contributed by atoms with Crippen LogP contribution < -0.4 is 10.2 Å². The van der Waals surface area contributed by atoms with Gasteiger partial charge in [0.1, 0.15) is 0 Å². The molecule has 2 fully saturated rings. The Morgan fingerprint density at radius 3 is 2.38 bits per heavy atom. The van der Waals surface area contributed by atoms with Gasteiger partial charge in [-0.25, -0.2) is 0 Å². The number of carbonyl (C=O) groups is 1. The number of carbonyl (C=O) groups excluding carboxylic acids is 1. The molecule has 0 saturated carbocycles. The van der Waals surface area contributed by atoms with Crippen molar-refractivity contribution < 1.29 is 4.79 Å². The first-order valence-corrected chi connectivity index (χ1v) is 7.91. The largest absolute Gasteiger partial charge is 0.314 e. The third kappa shape index (κ3) is 3.27. The fourth-order valence-corrected chi connectivity index (χ4v) is 3.63. The molecule has 1 N–H and O–H groups in total. The summed E-state index contributed by atoms with van der Waals surface area (Å²) in [6, 6.07) is 11.7. The molecule has 2 heterocycles. The molecule has 114 valence electrons. The second-order valence-electron chi connectivity index (χ2n) is 6.47. The van der Waals surface area contributed by atoms with E-state index in [-0.39, 0.29) is 5.91 Å². The second-order valence-corrected chi connectivity index (χ2v) is 6.47. The molecule has 0 spiro atoms. The van der Waals surface area contributed by atoms with Crippen LogP contribution in [0.25, 0.3) is 0 Å². The van der Waals surface area contributed by atoms with Crippen molar-refractivity contribution in [2.24, 2.45) is 0 Å². The Bertz CT molecular complexity index is 478. The van der Waals surface area contributed by atoms with E-state index < -0.39 is 0 Å². The van der Waals surface area contributed by atoms with Crippen LogP contribution in [0.4, 0.5) is 5.69 Å². The zero-order valence-corrected chi connectivity index (χ0v) is 13.0. The molecular weight excluding hydrogens is 262 g/mol. The van der Waals surface area contributed by atoms with Crippen molar-refractivity contribution in [1.29, 1.82) is 0 Å². The molecule has 2 aliphatic rings. The van der Waals surface area contributed by atoms with E-state index in [4.69, 9.17) is 0 Å². The summed E-state index contributed by atoms with van der Waals surface area (Å²) in [4.78, 5) is 16.4. The molecule has 1 amide bonds. The van der Waals surface area contributed by atoms with Crippen molar-refractivity contribution >= 4 is 11.6 Å². The maximum atomic E-state index is 12.4. The fourth-order valence-electron chi connectivity index (χ4n) is 3.63. The van der Waals surface area contributed by atoms with Gasteiger partial charge in [0.05, 0.1) is 6.54 Å². The monoisotopic (exact) mass is 287 g/mol. The lowest BCUT2D eigenvalue weighted by molar-refractivity contribution is -0.119. The molecule has 21 heavy (non-hydrogen) atoms. The summed E-state index contributed by atoms with van der Waals surface area (Å²) in [5, 5.41) is 3.66. The average molecular weight is 287 g/mol. The van der Waals surface area contributed by atoms with E-state index in [0.717, 1.165) is 5.69 Å². The second kappa shape index (κ2) is 6.16. The van der Waals surface area contributed by atoms with E-state index in [2.05, 4.69) is 17.3 Å². The topological polar surface area (TPSA) is 35.6 Å². The smallest absolute Gasteiger partial charge is 0.240 e. The Balaban J connectivity index is 1.57. The lowest BCUT2D eigenvalue weighted by atomic mass is 9.98. The third-order valence-electron chi connectivity index (χ3n) is 4.97. The zero-order valence-electron chi connectivity index (χ0n) is 13.0. The fraction of sp³-hybridized carbons (Fsp3) is 0.588. The lowest BCUT2D eigenvalue weighted by Gasteiger charge is -2.35. The first kappa shape index (κ1) is 14.5. The Hall–Kier alpha value is -1.39. The van der Waals surface area contributed by atoms with E-state index in [1.165, 1.54) is 25.7 Å². The molecule has 4 nitrogen and oxygen atoms in total. The van der Waals surface area contributed by atoms with Crippen molar-refractivity contribution in [1.82, 2.24) is 10.2 Å². The Labute approximate surface area is 127 Å². The van der Waals surface area contributed by atoms with Gasteiger partial charge in [-0.1, -0.05) is 18.2 Å². The first-order valence-electron chi connectivity index (χ1n) is 7.91. The van der Waals surface area contributed by atoms with E-state index in [9.17, 15) is 4.79 Å². The van der Waals surface area contributed by atoms with Crippen LogP contribution in [0.2, 0.25) is 0 Å². The minimum atomic E-state index is 0.162. The number of benzene rings is 1. The zero-order chi connectivity index (χ0) is 14.8. The SMILES string of the molecule is CN(C(=O)CN(C)C1CC2CCC(C1)N2)c1ccccc1. The highest BCUT2D eigenvalue weighted by atomic mass is 16.2. The average Bonchev–Trinajstić information content (AvgIpc) is 2.85. The molecule has 0 aromatic heterocycles. The van der Waals surface area contributed by atoms with E-state index >= 15 is 0 Å². The standard InChI is InChI=1S/C17H25N3O/c1-19(16-10-13-8-9-14(11-16)18-13)12-17(21)20(2)15-6-4-3-5-7-15/h3-7,13-14,16,18H,8-12H2,1-2H3. The van der Waals surface area contributed by atoms with Crippen LogP contribution in [0.15, 0.2) is 30.3 Å². The van der Waals surface area contributed by atoms with Gasteiger partial charge >= 0.3 is 0 Å². The van der Waals surface area contributed by atoms with Gasteiger partial charge in [0.15, 0.2) is 0 Å². The molecule has 0 aliphatic carbocycles. The minimum Gasteiger partial charge on any atom is -0.314 e. The van der Waals surface area contributed by atoms with Crippen LogP contribution in [0.5, 0.6) is 0 Å². The summed E-state index contributed by atoms with van der Waals surface area (Å²) in [5.41, 5.74) is 0.960. The highest BCUT2D eigenvalue weighted by Gasteiger charge is 2.35. The number of nitrogens with zero attached hydrogens (tertiary/aromatic N) is 2. The lowest BCUT2D eigenvalue weighted by Crippen LogP contribution is -2.49. The van der Waals surface area contributed by atoms with Crippen molar-refractivity contribution in [3.05, 3.63) is 30.3 Å². The van der Waals surface area contributed by atoms with Crippen LogP contribution in [0.3, 0.4) is 0 Å². The van der Waals surface area contributed by atoms with Crippen LogP contribution in [-0.2, 0) is 4.79 Å². The van der Waals surface area contributed by atoms with Crippen LogP contribution >= 0.6 is 0 Å². The van der Waals surface area contributed by atoms with E-state index in [1.807, 2.05) is 37.4 Å². The van der Waals surface area contributed by atoms with Crippen molar-refractivity contribution in [3.8, 4) is 0 Å². The predicted molar refractivity (Wildman–Crippen MR) is 85.4 cm³/mol. The number of anilines is 1. The summed E-state index contributed by atoms with van der Waals surface area (Å²) in [6.45, 7) is 0.496. The van der Waals surface area contributed by atoms with Gasteiger partial charge in [-0.05, 0) is 44.9 Å². The number of amides is 1. The first-order chi connectivity index (χ1) is 10.1. The molecule has 4 heteroatoms. The molecule has 1 aromatic rings. The third-order valence-corrected chi connectivity index (χ3v) is 4.97. The maximum absolute atomic E-state index is 12.4. The molecule has 2 bridgehead atoms. The van der Waals surface area contributed by atoms with Gasteiger partial charge < -0.3 is 10.2 Å². The molecule has 2 unspecified atom stereocenters. The van der Waals surface area contributed by atoms with Gasteiger partial charge in [0.25, 0.3) is 0 Å². The maximum Gasteiger partial charge on any atom is 0.240 e. The molecule has 0 radical (unpaired) electrons. The highest BCUT2D eigenvalue weighted by molar-refractivity contribution is 5.94. The minimum absolute atomic E-state index is 0.162. The van der Waals surface area contributed by atoms with Crippen molar-refractivity contribution in [2.45, 2.75) is 43.8 Å². The number of hydrogen-bond donors (Lipinski definition) is 1. The number of likely N-dealkylation sites (N-methyl/N-ethyl adjacent to an activating group) is 2. The van der Waals surface area contributed by atoms with Gasteiger partial charge in [-0.3, -0.25) is 9.69 Å². The summed E-state index contributed by atoms with van der Waals surface area (Å²) in [6.07, 6.45) is 4.95. The number of nitrogens with one attached hydrogen (secondary N) is 1. The van der Waals surface area contributed by atoms with Crippen LogP contribution in [-0.4, -0.2) is 49.6 Å². The summed E-state index contributed by atoms with van der Waals surface area (Å²) < 4.78 is 0. The number of rotatable bonds is 4. The van der Waals surface area contributed by atoms with Crippen molar-refractivity contribution in [2.75, 3.05) is 25.5 Å². The van der Waals surface area contributed by atoms with Gasteiger partial charge in [-0.15, -0.1) is 0 Å². The Morgan fingerprint density at radius 2 is 1.76 bits per heavy atom. The molecule has 1 aromatic carbocycles. The van der Waals surface area contributed by atoms with E-state index in [1.54, 1.807) is 4.90 Å². The quantitative estimate of drug-likeness (QED) is 0.918. The molecule has 2 saturated heterocycles. The van der Waals surface area contributed by atoms with Crippen molar-refractivity contribution in [3.63, 3.8) is 0 Å². The molecular formula is C17H25N3O. The molecule has 3 rings (SSSR count).